The molecule has 0 spiro atoms. The molecule has 1 aromatic rings. The average Bonchev–Trinajstić information content (AvgIpc) is 2.71. The van der Waals surface area contributed by atoms with E-state index >= 15 is 0 Å². The van der Waals surface area contributed by atoms with Crippen molar-refractivity contribution in [3.8, 4) is 0 Å². The van der Waals surface area contributed by atoms with Gasteiger partial charge in [0.05, 0.1) is 12.6 Å². The number of likely N-dealkylation sites (N-methyl/N-ethyl adjacent to an activating group) is 2. The SMILES string of the molecule is CCN(CC)C(=O)CN1CCN(C(C)C(=O)N(C)Cc2c(F)cccc2Cl)CC1. The van der Waals surface area contributed by atoms with Crippen molar-refractivity contribution >= 4 is 23.4 Å². The van der Waals surface area contributed by atoms with Crippen LogP contribution in [0.2, 0.25) is 5.02 Å². The number of halogens is 2. The Labute approximate surface area is 178 Å². The Morgan fingerprint density at radius 1 is 1.17 bits per heavy atom. The Morgan fingerprint density at radius 2 is 1.79 bits per heavy atom. The first-order chi connectivity index (χ1) is 13.8. The second kappa shape index (κ2) is 10.9. The van der Waals surface area contributed by atoms with E-state index in [0.29, 0.717) is 30.2 Å². The maximum Gasteiger partial charge on any atom is 0.239 e. The summed E-state index contributed by atoms with van der Waals surface area (Å²) in [4.78, 5) is 32.7. The van der Waals surface area contributed by atoms with Gasteiger partial charge in [-0.25, -0.2) is 4.39 Å². The predicted molar refractivity (Wildman–Crippen MR) is 113 cm³/mol. The van der Waals surface area contributed by atoms with Crippen LogP contribution in [0, 0.1) is 5.82 Å². The van der Waals surface area contributed by atoms with E-state index in [2.05, 4.69) is 9.80 Å². The minimum Gasteiger partial charge on any atom is -0.342 e. The lowest BCUT2D eigenvalue weighted by atomic mass is 10.1. The summed E-state index contributed by atoms with van der Waals surface area (Å²) < 4.78 is 14.0. The summed E-state index contributed by atoms with van der Waals surface area (Å²) in [6.45, 7) is 10.8. The second-order valence-electron chi connectivity index (χ2n) is 7.45. The van der Waals surface area contributed by atoms with Crippen LogP contribution in [0.3, 0.4) is 0 Å². The number of rotatable bonds is 8. The monoisotopic (exact) mass is 426 g/mol. The summed E-state index contributed by atoms with van der Waals surface area (Å²) in [6, 6.07) is 4.21. The molecule has 0 aromatic heterocycles. The Balaban J connectivity index is 1.87. The largest absolute Gasteiger partial charge is 0.342 e. The van der Waals surface area contributed by atoms with Gasteiger partial charge in [0.25, 0.3) is 0 Å². The molecule has 8 heteroatoms. The highest BCUT2D eigenvalue weighted by Gasteiger charge is 2.29. The van der Waals surface area contributed by atoms with E-state index < -0.39 is 5.82 Å². The maximum atomic E-state index is 14.0. The third kappa shape index (κ3) is 6.14. The Hall–Kier alpha value is -1.70. The van der Waals surface area contributed by atoms with Gasteiger partial charge in [-0.2, -0.15) is 0 Å². The third-order valence-corrected chi connectivity index (χ3v) is 5.97. The first kappa shape index (κ1) is 23.6. The lowest BCUT2D eigenvalue weighted by Gasteiger charge is -2.38. The fourth-order valence-corrected chi connectivity index (χ4v) is 3.87. The van der Waals surface area contributed by atoms with E-state index in [9.17, 15) is 14.0 Å². The number of carbonyl (C=O) groups is 2. The van der Waals surface area contributed by atoms with E-state index in [1.54, 1.807) is 19.2 Å². The molecule has 0 saturated carbocycles. The van der Waals surface area contributed by atoms with Crippen molar-refractivity contribution in [2.75, 3.05) is 52.9 Å². The molecule has 0 aliphatic carbocycles. The van der Waals surface area contributed by atoms with Gasteiger partial charge in [0.15, 0.2) is 0 Å². The molecule has 6 nitrogen and oxygen atoms in total. The summed E-state index contributed by atoms with van der Waals surface area (Å²) in [5.41, 5.74) is 0.331. The number of piperazine rings is 1. The number of hydrogen-bond donors (Lipinski definition) is 0. The van der Waals surface area contributed by atoms with Gasteiger partial charge >= 0.3 is 0 Å². The highest BCUT2D eigenvalue weighted by molar-refractivity contribution is 6.31. The van der Waals surface area contributed by atoms with E-state index in [-0.39, 0.29) is 24.4 Å². The van der Waals surface area contributed by atoms with E-state index in [0.717, 1.165) is 26.2 Å². The third-order valence-electron chi connectivity index (χ3n) is 5.62. The number of nitrogens with zero attached hydrogens (tertiary/aromatic N) is 4. The predicted octanol–water partition coefficient (Wildman–Crippen LogP) is 2.31. The molecule has 0 radical (unpaired) electrons. The Bertz CT molecular complexity index is 686. The molecule has 29 heavy (non-hydrogen) atoms. The van der Waals surface area contributed by atoms with Gasteiger partial charge in [0.1, 0.15) is 5.82 Å². The quantitative estimate of drug-likeness (QED) is 0.640. The van der Waals surface area contributed by atoms with Crippen LogP contribution in [-0.4, -0.2) is 90.3 Å². The van der Waals surface area contributed by atoms with Crippen LogP contribution >= 0.6 is 11.6 Å². The molecule has 0 bridgehead atoms. The maximum absolute atomic E-state index is 14.0. The number of amides is 2. The molecule has 1 atom stereocenters. The molecule has 162 valence electrons. The van der Waals surface area contributed by atoms with E-state index in [4.69, 9.17) is 11.6 Å². The number of carbonyl (C=O) groups excluding carboxylic acids is 2. The average molecular weight is 427 g/mol. The first-order valence-electron chi connectivity index (χ1n) is 10.2. The summed E-state index contributed by atoms with van der Waals surface area (Å²) in [5.74, 6) is -0.331. The van der Waals surface area contributed by atoms with Gasteiger partial charge in [-0.05, 0) is 32.9 Å². The number of benzene rings is 1. The fourth-order valence-electron chi connectivity index (χ4n) is 3.65. The zero-order chi connectivity index (χ0) is 21.6. The van der Waals surface area contributed by atoms with Gasteiger partial charge in [-0.1, -0.05) is 17.7 Å². The zero-order valence-corrected chi connectivity index (χ0v) is 18.6. The van der Waals surface area contributed by atoms with Crippen molar-refractivity contribution in [3.63, 3.8) is 0 Å². The summed E-state index contributed by atoms with van der Waals surface area (Å²) in [5, 5.41) is 0.323. The number of hydrogen-bond acceptors (Lipinski definition) is 4. The van der Waals surface area contributed by atoms with Crippen LogP contribution in [-0.2, 0) is 16.1 Å². The molecule has 1 aromatic carbocycles. The standard InChI is InChI=1S/C21H32ClFN4O2/c1-5-26(6-2)20(28)15-25-10-12-27(13-11-25)16(3)21(29)24(4)14-17-18(22)8-7-9-19(17)23/h7-9,16H,5-6,10-15H2,1-4H3. The van der Waals surface area contributed by atoms with Gasteiger partial charge in [-0.3, -0.25) is 19.4 Å². The van der Waals surface area contributed by atoms with Crippen LogP contribution in [0.25, 0.3) is 0 Å². The molecular formula is C21H32ClFN4O2. The van der Waals surface area contributed by atoms with Crippen LogP contribution < -0.4 is 0 Å². The molecule has 1 heterocycles. The van der Waals surface area contributed by atoms with Crippen molar-refractivity contribution in [1.82, 2.24) is 19.6 Å². The Morgan fingerprint density at radius 3 is 2.34 bits per heavy atom. The zero-order valence-electron chi connectivity index (χ0n) is 17.8. The normalized spacial score (nSPS) is 16.5. The molecule has 1 fully saturated rings. The van der Waals surface area contributed by atoms with Gasteiger partial charge in [0, 0.05) is 63.4 Å². The lowest BCUT2D eigenvalue weighted by Crippen LogP contribution is -2.55. The fraction of sp³-hybridized carbons (Fsp3) is 0.619. The van der Waals surface area contributed by atoms with Crippen molar-refractivity contribution in [3.05, 3.63) is 34.6 Å². The Kier molecular flexibility index (Phi) is 8.86. The first-order valence-corrected chi connectivity index (χ1v) is 10.6. The molecule has 1 unspecified atom stereocenters. The summed E-state index contributed by atoms with van der Waals surface area (Å²) in [6.07, 6.45) is 0. The van der Waals surface area contributed by atoms with Crippen LogP contribution in [0.4, 0.5) is 4.39 Å². The van der Waals surface area contributed by atoms with Gasteiger partial charge < -0.3 is 9.80 Å². The van der Waals surface area contributed by atoms with Crippen LogP contribution in [0.1, 0.15) is 26.3 Å². The molecule has 1 saturated heterocycles. The molecule has 0 N–H and O–H groups in total. The van der Waals surface area contributed by atoms with Crippen LogP contribution in [0.15, 0.2) is 18.2 Å². The van der Waals surface area contributed by atoms with E-state index in [1.807, 2.05) is 25.7 Å². The summed E-state index contributed by atoms with van der Waals surface area (Å²) >= 11 is 6.08. The minimum absolute atomic E-state index is 0.0722. The summed E-state index contributed by atoms with van der Waals surface area (Å²) in [7, 11) is 1.67. The van der Waals surface area contributed by atoms with Crippen molar-refractivity contribution in [2.45, 2.75) is 33.4 Å². The molecular weight excluding hydrogens is 395 g/mol. The molecule has 2 amide bonds. The smallest absolute Gasteiger partial charge is 0.239 e. The second-order valence-corrected chi connectivity index (χ2v) is 7.86. The molecule has 1 aliphatic rings. The van der Waals surface area contributed by atoms with Crippen molar-refractivity contribution < 1.29 is 14.0 Å². The molecule has 1 aliphatic heterocycles. The topological polar surface area (TPSA) is 47.1 Å². The highest BCUT2D eigenvalue weighted by Crippen LogP contribution is 2.21. The van der Waals surface area contributed by atoms with Gasteiger partial charge in [0.2, 0.25) is 11.8 Å². The lowest BCUT2D eigenvalue weighted by molar-refractivity contribution is -0.137. The van der Waals surface area contributed by atoms with Crippen molar-refractivity contribution in [2.24, 2.45) is 0 Å². The van der Waals surface area contributed by atoms with Crippen LogP contribution in [0.5, 0.6) is 0 Å². The van der Waals surface area contributed by atoms with E-state index in [1.165, 1.54) is 11.0 Å². The van der Waals surface area contributed by atoms with Crippen molar-refractivity contribution in [1.29, 1.82) is 0 Å². The molecule has 2 rings (SSSR count). The highest BCUT2D eigenvalue weighted by atomic mass is 35.5. The van der Waals surface area contributed by atoms with Gasteiger partial charge in [-0.15, -0.1) is 0 Å². The minimum atomic E-state index is -0.406.